The van der Waals surface area contributed by atoms with E-state index in [0.717, 1.165) is 11.1 Å². The van der Waals surface area contributed by atoms with Gasteiger partial charge in [-0.15, -0.1) is 0 Å². The summed E-state index contributed by atoms with van der Waals surface area (Å²) in [4.78, 5) is 12.7. The third-order valence-corrected chi connectivity index (χ3v) is 6.90. The van der Waals surface area contributed by atoms with Crippen molar-refractivity contribution in [3.8, 4) is 0 Å². The first-order valence-electron chi connectivity index (χ1n) is 8.92. The zero-order chi connectivity index (χ0) is 21.2. The van der Waals surface area contributed by atoms with Crippen LogP contribution >= 0.6 is 11.6 Å². The second-order valence-corrected chi connectivity index (χ2v) is 9.08. The monoisotopic (exact) mass is 428 g/mol. The first-order valence-corrected chi connectivity index (χ1v) is 10.7. The summed E-state index contributed by atoms with van der Waals surface area (Å²) in [5.74, 6) is -0.300. The van der Waals surface area contributed by atoms with Gasteiger partial charge in [0.15, 0.2) is 0 Å². The maximum Gasteiger partial charge on any atom is 0.264 e. The van der Waals surface area contributed by atoms with Gasteiger partial charge in [-0.1, -0.05) is 35.4 Å². The van der Waals surface area contributed by atoms with Crippen LogP contribution in [0.3, 0.4) is 0 Å². The van der Waals surface area contributed by atoms with Crippen LogP contribution in [0.2, 0.25) is 5.02 Å². The lowest BCUT2D eigenvalue weighted by molar-refractivity contribution is 0.102. The average molecular weight is 429 g/mol. The number of hydrogen-bond acceptors (Lipinski definition) is 3. The Morgan fingerprint density at radius 2 is 1.55 bits per heavy atom. The van der Waals surface area contributed by atoms with Crippen LogP contribution in [0, 0.1) is 13.8 Å². The van der Waals surface area contributed by atoms with Crippen LogP contribution < -0.4 is 9.62 Å². The summed E-state index contributed by atoms with van der Waals surface area (Å²) in [5.41, 5.74) is 3.26. The molecule has 0 aliphatic carbocycles. The smallest absolute Gasteiger partial charge is 0.264 e. The van der Waals surface area contributed by atoms with E-state index in [1.165, 1.54) is 11.4 Å². The molecule has 1 N–H and O–H groups in total. The topological polar surface area (TPSA) is 66.5 Å². The fraction of sp³-hybridized carbons (Fsp3) is 0.136. The lowest BCUT2D eigenvalue weighted by Crippen LogP contribution is -2.26. The lowest BCUT2D eigenvalue weighted by atomic mass is 10.1. The van der Waals surface area contributed by atoms with Gasteiger partial charge in [-0.25, -0.2) is 8.42 Å². The van der Waals surface area contributed by atoms with Crippen molar-refractivity contribution in [3.63, 3.8) is 0 Å². The summed E-state index contributed by atoms with van der Waals surface area (Å²) in [6, 6.07) is 18.3. The predicted octanol–water partition coefficient (Wildman–Crippen LogP) is 5.03. The Hall–Kier alpha value is -2.83. The molecule has 3 aromatic carbocycles. The van der Waals surface area contributed by atoms with Gasteiger partial charge in [0.1, 0.15) is 0 Å². The number of hydrogen-bond donors (Lipinski definition) is 1. The van der Waals surface area contributed by atoms with Crippen molar-refractivity contribution in [3.05, 3.63) is 88.4 Å². The third-order valence-electron chi connectivity index (χ3n) is 4.69. The van der Waals surface area contributed by atoms with Crippen molar-refractivity contribution < 1.29 is 13.2 Å². The molecule has 1 amide bonds. The van der Waals surface area contributed by atoms with Crippen molar-refractivity contribution in [1.82, 2.24) is 0 Å². The van der Waals surface area contributed by atoms with Crippen LogP contribution in [0.25, 0.3) is 0 Å². The van der Waals surface area contributed by atoms with Gasteiger partial charge in [0.25, 0.3) is 15.9 Å². The molecule has 150 valence electrons. The fourth-order valence-electron chi connectivity index (χ4n) is 2.77. The summed E-state index contributed by atoms with van der Waals surface area (Å²) < 4.78 is 26.8. The fourth-order valence-corrected chi connectivity index (χ4v) is 4.14. The second kappa shape index (κ2) is 8.27. The van der Waals surface area contributed by atoms with Crippen LogP contribution in [0.15, 0.2) is 71.6 Å². The van der Waals surface area contributed by atoms with E-state index >= 15 is 0 Å². The van der Waals surface area contributed by atoms with Crippen LogP contribution in [-0.4, -0.2) is 21.4 Å². The van der Waals surface area contributed by atoms with E-state index in [0.29, 0.717) is 22.0 Å². The number of carbonyl (C=O) groups excluding carboxylic acids is 1. The number of sulfonamides is 1. The Labute approximate surface area is 176 Å². The quantitative estimate of drug-likeness (QED) is 0.619. The Kier molecular flexibility index (Phi) is 5.96. The highest BCUT2D eigenvalue weighted by Crippen LogP contribution is 2.25. The summed E-state index contributed by atoms with van der Waals surface area (Å²) in [6.07, 6.45) is 0. The molecule has 0 atom stereocenters. The van der Waals surface area contributed by atoms with E-state index in [1.807, 2.05) is 13.8 Å². The summed E-state index contributed by atoms with van der Waals surface area (Å²) in [6.45, 7) is 3.72. The maximum absolute atomic E-state index is 12.8. The maximum atomic E-state index is 12.8. The molecule has 3 rings (SSSR count). The largest absolute Gasteiger partial charge is 0.322 e. The van der Waals surface area contributed by atoms with Crippen LogP contribution in [0.5, 0.6) is 0 Å². The molecule has 0 saturated carbocycles. The average Bonchev–Trinajstić information content (AvgIpc) is 2.71. The first-order chi connectivity index (χ1) is 13.7. The van der Waals surface area contributed by atoms with E-state index in [9.17, 15) is 13.2 Å². The van der Waals surface area contributed by atoms with Gasteiger partial charge in [0, 0.05) is 23.3 Å². The number of rotatable bonds is 5. The van der Waals surface area contributed by atoms with Crippen LogP contribution in [0.1, 0.15) is 21.5 Å². The molecule has 0 saturated heterocycles. The minimum atomic E-state index is -3.68. The van der Waals surface area contributed by atoms with Crippen LogP contribution in [-0.2, 0) is 10.0 Å². The molecule has 0 unspecified atom stereocenters. The van der Waals surface area contributed by atoms with Gasteiger partial charge in [0.05, 0.1) is 10.6 Å². The minimum absolute atomic E-state index is 0.212. The molecule has 0 bridgehead atoms. The number of halogens is 1. The first kappa shape index (κ1) is 20.9. The molecule has 5 nitrogen and oxygen atoms in total. The van der Waals surface area contributed by atoms with Crippen molar-refractivity contribution in [1.29, 1.82) is 0 Å². The van der Waals surface area contributed by atoms with Gasteiger partial charge in [-0.05, 0) is 67.9 Å². The number of carbonyl (C=O) groups is 1. The van der Waals surface area contributed by atoms with E-state index in [2.05, 4.69) is 5.32 Å². The molecule has 0 radical (unpaired) electrons. The van der Waals surface area contributed by atoms with Gasteiger partial charge in [0.2, 0.25) is 0 Å². The standard InChI is InChI=1S/C22H21ClN2O3S/c1-15-7-13-19(14-8-15)29(27,28)25(3)18-11-9-17(10-12-18)22(26)24-21-6-4-5-20(23)16(21)2/h4-14H,1-3H3,(H,24,26). The van der Waals surface area contributed by atoms with Crippen molar-refractivity contribution in [2.75, 3.05) is 16.7 Å². The van der Waals surface area contributed by atoms with Crippen molar-refractivity contribution in [2.24, 2.45) is 0 Å². The number of aryl methyl sites for hydroxylation is 1. The highest BCUT2D eigenvalue weighted by molar-refractivity contribution is 7.92. The number of nitrogens with one attached hydrogen (secondary N) is 1. The van der Waals surface area contributed by atoms with E-state index in [4.69, 9.17) is 11.6 Å². The molecule has 0 heterocycles. The Morgan fingerprint density at radius 1 is 0.931 bits per heavy atom. The van der Waals surface area contributed by atoms with E-state index in [-0.39, 0.29) is 10.8 Å². The molecule has 29 heavy (non-hydrogen) atoms. The summed E-state index contributed by atoms with van der Waals surface area (Å²) >= 11 is 6.09. The molecule has 0 aliphatic heterocycles. The highest BCUT2D eigenvalue weighted by Gasteiger charge is 2.21. The highest BCUT2D eigenvalue weighted by atomic mass is 35.5. The van der Waals surface area contributed by atoms with Crippen LogP contribution in [0.4, 0.5) is 11.4 Å². The van der Waals surface area contributed by atoms with Gasteiger partial charge < -0.3 is 5.32 Å². The van der Waals surface area contributed by atoms with E-state index < -0.39 is 10.0 Å². The Morgan fingerprint density at radius 3 is 2.17 bits per heavy atom. The number of anilines is 2. The molecular weight excluding hydrogens is 408 g/mol. The SMILES string of the molecule is Cc1ccc(S(=O)(=O)N(C)c2ccc(C(=O)Nc3cccc(Cl)c3C)cc2)cc1. The van der Waals surface area contributed by atoms with Crippen molar-refractivity contribution in [2.45, 2.75) is 18.7 Å². The molecule has 0 aliphatic rings. The molecule has 0 spiro atoms. The zero-order valence-electron chi connectivity index (χ0n) is 16.3. The molecule has 3 aromatic rings. The predicted molar refractivity (Wildman–Crippen MR) is 117 cm³/mol. The number of nitrogens with zero attached hydrogens (tertiary/aromatic N) is 1. The van der Waals surface area contributed by atoms with Crippen molar-refractivity contribution >= 4 is 38.9 Å². The Balaban J connectivity index is 1.79. The van der Waals surface area contributed by atoms with Gasteiger partial charge in [-0.2, -0.15) is 0 Å². The lowest BCUT2D eigenvalue weighted by Gasteiger charge is -2.20. The molecule has 7 heteroatoms. The number of amides is 1. The third kappa shape index (κ3) is 4.44. The summed E-state index contributed by atoms with van der Waals surface area (Å²) in [7, 11) is -2.20. The Bertz CT molecular complexity index is 1140. The molecule has 0 fully saturated rings. The molecule has 0 aromatic heterocycles. The normalized spacial score (nSPS) is 11.2. The molecular formula is C22H21ClN2O3S. The summed E-state index contributed by atoms with van der Waals surface area (Å²) in [5, 5.41) is 3.39. The van der Waals surface area contributed by atoms with E-state index in [1.54, 1.807) is 66.7 Å². The van der Waals surface area contributed by atoms with Gasteiger partial charge in [-0.3, -0.25) is 9.10 Å². The second-order valence-electron chi connectivity index (χ2n) is 6.70. The minimum Gasteiger partial charge on any atom is -0.322 e. The zero-order valence-corrected chi connectivity index (χ0v) is 17.9. The van der Waals surface area contributed by atoms with Gasteiger partial charge >= 0.3 is 0 Å². The number of benzene rings is 3.